The van der Waals surface area contributed by atoms with Crippen molar-refractivity contribution in [2.75, 3.05) is 0 Å². The molecule has 118 valence electrons. The number of hydrogen-bond acceptors (Lipinski definition) is 0. The molecular formula is C21H23ClSi. The first kappa shape index (κ1) is 15.2. The van der Waals surface area contributed by atoms with Crippen LogP contribution >= 0.6 is 11.1 Å². The lowest BCUT2D eigenvalue weighted by Gasteiger charge is -2.26. The molecule has 0 aliphatic heterocycles. The summed E-state index contributed by atoms with van der Waals surface area (Å²) in [6, 6.07) is 13.4. The van der Waals surface area contributed by atoms with Crippen LogP contribution in [0.1, 0.15) is 41.1 Å². The van der Waals surface area contributed by atoms with E-state index in [9.17, 15) is 0 Å². The molecule has 23 heavy (non-hydrogen) atoms. The largest absolute Gasteiger partial charge is 0.167 e. The Morgan fingerprint density at radius 3 is 2.52 bits per heavy atom. The molecule has 2 aliphatic carbocycles. The third-order valence-corrected chi connectivity index (χ3v) is 8.15. The molecule has 0 bridgehead atoms. The van der Waals surface area contributed by atoms with E-state index in [2.05, 4.69) is 62.5 Å². The van der Waals surface area contributed by atoms with E-state index in [1.807, 2.05) is 0 Å². The highest BCUT2D eigenvalue weighted by Gasteiger charge is 2.39. The van der Waals surface area contributed by atoms with E-state index >= 15 is 0 Å². The Balaban J connectivity index is 2.02. The standard InChI is InChI=1S/C21H23ClSi/c1-14-12-18-19(21(14)23(2,3)22)13-16-10-7-11-17(16)20(18)15-8-5-4-6-9-15/h4-6,8-9,12-13,21H,7,10-11H2,1-3H3. The Bertz CT molecular complexity index is 797. The first-order valence-electron chi connectivity index (χ1n) is 8.58. The van der Waals surface area contributed by atoms with Crippen LogP contribution in [0.5, 0.6) is 0 Å². The second-order valence-electron chi connectivity index (χ2n) is 7.50. The van der Waals surface area contributed by atoms with Gasteiger partial charge in [-0.05, 0) is 59.6 Å². The lowest BCUT2D eigenvalue weighted by Crippen LogP contribution is -2.28. The second kappa shape index (κ2) is 5.36. The minimum Gasteiger partial charge on any atom is -0.167 e. The zero-order chi connectivity index (χ0) is 16.2. The van der Waals surface area contributed by atoms with E-state index in [4.69, 9.17) is 11.1 Å². The monoisotopic (exact) mass is 338 g/mol. The van der Waals surface area contributed by atoms with Crippen LogP contribution in [0.4, 0.5) is 0 Å². The fourth-order valence-corrected chi connectivity index (χ4v) is 7.59. The summed E-state index contributed by atoms with van der Waals surface area (Å²) in [6.07, 6.45) is 6.13. The van der Waals surface area contributed by atoms with Gasteiger partial charge < -0.3 is 0 Å². The average molecular weight is 339 g/mol. The number of halogens is 1. The van der Waals surface area contributed by atoms with Crippen molar-refractivity contribution in [3.05, 3.63) is 64.2 Å². The summed E-state index contributed by atoms with van der Waals surface area (Å²) in [5.41, 5.74) is 10.8. The molecule has 2 heteroatoms. The minimum absolute atomic E-state index is 0.451. The smallest absolute Gasteiger partial charge is 0.161 e. The number of benzene rings is 2. The van der Waals surface area contributed by atoms with Gasteiger partial charge in [-0.1, -0.05) is 61.1 Å². The van der Waals surface area contributed by atoms with Crippen molar-refractivity contribution >= 4 is 24.5 Å². The van der Waals surface area contributed by atoms with Crippen LogP contribution < -0.4 is 0 Å². The summed E-state index contributed by atoms with van der Waals surface area (Å²) in [6.45, 7) is 6.82. The van der Waals surface area contributed by atoms with Gasteiger partial charge in [0, 0.05) is 5.54 Å². The maximum atomic E-state index is 6.91. The molecule has 0 fully saturated rings. The van der Waals surface area contributed by atoms with E-state index in [1.165, 1.54) is 47.1 Å². The van der Waals surface area contributed by atoms with Gasteiger partial charge in [0.15, 0.2) is 7.38 Å². The van der Waals surface area contributed by atoms with E-state index in [0.717, 1.165) is 0 Å². The fourth-order valence-electron chi connectivity index (χ4n) is 4.58. The SMILES string of the molecule is CC1=Cc2c(cc3c(c2-c2ccccc2)CCC3)C1[Si](C)(C)Cl. The van der Waals surface area contributed by atoms with E-state index in [1.54, 1.807) is 11.1 Å². The summed E-state index contributed by atoms with van der Waals surface area (Å²) in [5, 5.41) is 0. The number of rotatable bonds is 2. The van der Waals surface area contributed by atoms with Crippen LogP contribution in [0.2, 0.25) is 13.1 Å². The molecule has 2 aromatic carbocycles. The molecule has 0 amide bonds. The first-order valence-corrected chi connectivity index (χ1v) is 12.7. The summed E-state index contributed by atoms with van der Waals surface area (Å²) >= 11 is 6.91. The Hall–Kier alpha value is -1.31. The normalized spacial score (nSPS) is 19.5. The molecule has 0 saturated carbocycles. The van der Waals surface area contributed by atoms with E-state index < -0.39 is 7.38 Å². The number of aryl methyl sites for hydroxylation is 1. The van der Waals surface area contributed by atoms with Gasteiger partial charge >= 0.3 is 0 Å². The van der Waals surface area contributed by atoms with Crippen LogP contribution in [0.15, 0.2) is 42.0 Å². The van der Waals surface area contributed by atoms with Crippen LogP contribution in [0, 0.1) is 0 Å². The number of allylic oxidation sites excluding steroid dienone is 1. The molecule has 0 nitrogen and oxygen atoms in total. The molecule has 4 rings (SSSR count). The van der Waals surface area contributed by atoms with Crippen molar-refractivity contribution < 1.29 is 0 Å². The van der Waals surface area contributed by atoms with Crippen LogP contribution in [0.25, 0.3) is 17.2 Å². The van der Waals surface area contributed by atoms with Gasteiger partial charge in [-0.15, -0.1) is 0 Å². The average Bonchev–Trinajstić information content (AvgIpc) is 3.07. The van der Waals surface area contributed by atoms with Crippen LogP contribution in [-0.4, -0.2) is 7.38 Å². The molecule has 0 spiro atoms. The molecule has 2 aromatic rings. The van der Waals surface area contributed by atoms with Crippen LogP contribution in [-0.2, 0) is 12.8 Å². The zero-order valence-corrected chi connectivity index (χ0v) is 15.9. The van der Waals surface area contributed by atoms with Crippen molar-refractivity contribution in [2.45, 2.75) is 44.8 Å². The van der Waals surface area contributed by atoms with E-state index in [-0.39, 0.29) is 0 Å². The number of hydrogen-bond donors (Lipinski definition) is 0. The quantitative estimate of drug-likeness (QED) is 0.443. The Labute approximate surface area is 144 Å². The van der Waals surface area contributed by atoms with Gasteiger partial charge in [0.1, 0.15) is 0 Å². The Morgan fingerprint density at radius 2 is 1.83 bits per heavy atom. The molecule has 0 N–H and O–H groups in total. The summed E-state index contributed by atoms with van der Waals surface area (Å²) < 4.78 is 0. The lowest BCUT2D eigenvalue weighted by atomic mass is 9.89. The molecule has 0 radical (unpaired) electrons. The molecule has 0 aromatic heterocycles. The fraction of sp³-hybridized carbons (Fsp3) is 0.333. The van der Waals surface area contributed by atoms with Gasteiger partial charge in [0.2, 0.25) is 0 Å². The van der Waals surface area contributed by atoms with Crippen molar-refractivity contribution in [1.82, 2.24) is 0 Å². The highest BCUT2D eigenvalue weighted by molar-refractivity contribution is 7.20. The van der Waals surface area contributed by atoms with Crippen molar-refractivity contribution in [3.8, 4) is 11.1 Å². The first-order chi connectivity index (χ1) is 11.0. The lowest BCUT2D eigenvalue weighted by molar-refractivity contribution is 0.911. The summed E-state index contributed by atoms with van der Waals surface area (Å²) in [4.78, 5) is 0. The topological polar surface area (TPSA) is 0 Å². The predicted molar refractivity (Wildman–Crippen MR) is 104 cm³/mol. The number of fused-ring (bicyclic) bond motifs is 2. The highest BCUT2D eigenvalue weighted by atomic mass is 35.6. The molecule has 2 aliphatic rings. The summed E-state index contributed by atoms with van der Waals surface area (Å²) in [5.74, 6) is 0. The Morgan fingerprint density at radius 1 is 1.09 bits per heavy atom. The van der Waals surface area contributed by atoms with Gasteiger partial charge in [0.25, 0.3) is 0 Å². The molecular weight excluding hydrogens is 316 g/mol. The minimum atomic E-state index is -1.79. The highest BCUT2D eigenvalue weighted by Crippen LogP contribution is 2.49. The molecule has 0 heterocycles. The summed E-state index contributed by atoms with van der Waals surface area (Å²) in [7, 11) is -1.79. The van der Waals surface area contributed by atoms with Crippen molar-refractivity contribution in [2.24, 2.45) is 0 Å². The van der Waals surface area contributed by atoms with Crippen molar-refractivity contribution in [1.29, 1.82) is 0 Å². The van der Waals surface area contributed by atoms with Crippen LogP contribution in [0.3, 0.4) is 0 Å². The van der Waals surface area contributed by atoms with Gasteiger partial charge in [0.05, 0.1) is 0 Å². The zero-order valence-electron chi connectivity index (χ0n) is 14.1. The Kier molecular flexibility index (Phi) is 3.55. The van der Waals surface area contributed by atoms with Gasteiger partial charge in [-0.3, -0.25) is 0 Å². The molecule has 1 unspecified atom stereocenters. The molecule has 0 saturated heterocycles. The third-order valence-electron chi connectivity index (χ3n) is 5.36. The van der Waals surface area contributed by atoms with Crippen molar-refractivity contribution in [3.63, 3.8) is 0 Å². The molecule has 1 atom stereocenters. The maximum absolute atomic E-state index is 6.91. The van der Waals surface area contributed by atoms with Gasteiger partial charge in [-0.25, -0.2) is 0 Å². The maximum Gasteiger partial charge on any atom is 0.161 e. The van der Waals surface area contributed by atoms with E-state index in [0.29, 0.717) is 5.54 Å². The van der Waals surface area contributed by atoms with Gasteiger partial charge in [-0.2, -0.15) is 11.1 Å². The predicted octanol–water partition coefficient (Wildman–Crippen LogP) is 6.33. The second-order valence-corrected chi connectivity index (χ2v) is 14.1. The third kappa shape index (κ3) is 2.42.